The Kier molecular flexibility index (Phi) is 5.39. The largest absolute Gasteiger partial charge is 0.370 e. The molecule has 0 saturated carbocycles. The smallest absolute Gasteiger partial charge is 0.316 e. The first kappa shape index (κ1) is 20.2. The Morgan fingerprint density at radius 1 is 1.00 bits per heavy atom. The highest BCUT2D eigenvalue weighted by Crippen LogP contribution is 2.33. The third kappa shape index (κ3) is 3.61. The molecule has 8 heteroatoms. The number of hydrogen-bond donors (Lipinski definition) is 1. The monoisotopic (exact) mass is 426 g/mol. The molecule has 30 heavy (non-hydrogen) atoms. The lowest BCUT2D eigenvalue weighted by Gasteiger charge is -2.23. The summed E-state index contributed by atoms with van der Waals surface area (Å²) in [7, 11) is 3.16. The summed E-state index contributed by atoms with van der Waals surface area (Å²) in [5.74, 6) is -0.197. The molecule has 0 unspecified atom stereocenters. The van der Waals surface area contributed by atoms with Crippen molar-refractivity contribution in [1.29, 1.82) is 0 Å². The van der Waals surface area contributed by atoms with Gasteiger partial charge in [0.1, 0.15) is 0 Å². The lowest BCUT2D eigenvalue weighted by Crippen LogP contribution is -2.39. The standard InChI is InChI=1S/C22H23ClN4O3/c1-25-18-12-16(24-20(28)11-14-7-3-4-8-15(14)23)17(27-9-5-6-10-27)13-19(18)26(2)22(30)21(25)29/h3-4,7-8,12-13H,5-6,9-11H2,1-2H3,(H,24,28). The Bertz CT molecular complexity index is 1260. The van der Waals surface area contributed by atoms with Gasteiger partial charge >= 0.3 is 11.1 Å². The highest BCUT2D eigenvalue weighted by Gasteiger charge is 2.20. The molecule has 0 atom stereocenters. The lowest BCUT2D eigenvalue weighted by atomic mass is 10.1. The highest BCUT2D eigenvalue weighted by atomic mass is 35.5. The zero-order valence-electron chi connectivity index (χ0n) is 16.9. The van der Waals surface area contributed by atoms with Crippen molar-refractivity contribution in [1.82, 2.24) is 9.13 Å². The molecular formula is C22H23ClN4O3. The van der Waals surface area contributed by atoms with Gasteiger partial charge in [-0.15, -0.1) is 0 Å². The number of amides is 1. The molecule has 0 radical (unpaired) electrons. The van der Waals surface area contributed by atoms with E-state index in [1.165, 1.54) is 9.13 Å². The predicted octanol–water partition coefficient (Wildman–Crippen LogP) is 2.67. The molecule has 2 aromatic carbocycles. The first-order valence-corrected chi connectivity index (χ1v) is 10.3. The van der Waals surface area contributed by atoms with Crippen LogP contribution in [0.4, 0.5) is 11.4 Å². The van der Waals surface area contributed by atoms with Gasteiger partial charge in [-0.25, -0.2) is 0 Å². The number of carbonyl (C=O) groups is 1. The zero-order valence-corrected chi connectivity index (χ0v) is 17.7. The van der Waals surface area contributed by atoms with E-state index < -0.39 is 11.1 Å². The first-order valence-electron chi connectivity index (χ1n) is 9.89. The number of carbonyl (C=O) groups excluding carboxylic acids is 1. The lowest BCUT2D eigenvalue weighted by molar-refractivity contribution is -0.115. The van der Waals surface area contributed by atoms with Gasteiger partial charge in [-0.1, -0.05) is 29.8 Å². The third-order valence-electron chi connectivity index (χ3n) is 5.64. The Labute approximate surface area is 178 Å². The molecule has 0 aliphatic carbocycles. The van der Waals surface area contributed by atoms with Crippen LogP contribution in [0.2, 0.25) is 5.02 Å². The van der Waals surface area contributed by atoms with E-state index in [1.807, 2.05) is 24.3 Å². The van der Waals surface area contributed by atoms with Crippen molar-refractivity contribution in [2.24, 2.45) is 14.1 Å². The van der Waals surface area contributed by atoms with E-state index >= 15 is 0 Å². The van der Waals surface area contributed by atoms with Crippen LogP contribution >= 0.6 is 11.6 Å². The maximum absolute atomic E-state index is 12.8. The Morgan fingerprint density at radius 2 is 1.60 bits per heavy atom. The molecule has 1 fully saturated rings. The molecular weight excluding hydrogens is 404 g/mol. The second kappa shape index (κ2) is 7.99. The van der Waals surface area contributed by atoms with E-state index in [0.29, 0.717) is 21.7 Å². The molecule has 1 N–H and O–H groups in total. The van der Waals surface area contributed by atoms with Crippen LogP contribution in [0.25, 0.3) is 11.0 Å². The fourth-order valence-electron chi connectivity index (χ4n) is 3.94. The molecule has 1 aromatic heterocycles. The van der Waals surface area contributed by atoms with Gasteiger partial charge in [-0.3, -0.25) is 14.4 Å². The van der Waals surface area contributed by atoms with Crippen LogP contribution in [-0.4, -0.2) is 28.1 Å². The number of halogens is 1. The van der Waals surface area contributed by atoms with Crippen LogP contribution in [0.5, 0.6) is 0 Å². The van der Waals surface area contributed by atoms with Crippen molar-refractivity contribution in [3.05, 3.63) is 67.7 Å². The Balaban J connectivity index is 1.79. The average Bonchev–Trinajstić information content (AvgIpc) is 3.26. The molecule has 1 aliphatic rings. The van der Waals surface area contributed by atoms with Gasteiger partial charge in [0.25, 0.3) is 0 Å². The maximum Gasteiger partial charge on any atom is 0.316 e. The summed E-state index contributed by atoms with van der Waals surface area (Å²) in [5.41, 5.74) is 2.26. The number of anilines is 2. The summed E-state index contributed by atoms with van der Waals surface area (Å²) < 4.78 is 2.70. The van der Waals surface area contributed by atoms with E-state index in [1.54, 1.807) is 26.2 Å². The number of benzene rings is 2. The van der Waals surface area contributed by atoms with Crippen molar-refractivity contribution >= 4 is 39.9 Å². The van der Waals surface area contributed by atoms with Gasteiger partial charge in [-0.05, 0) is 36.6 Å². The number of rotatable bonds is 4. The van der Waals surface area contributed by atoms with Gasteiger partial charge < -0.3 is 19.4 Å². The first-order chi connectivity index (χ1) is 14.4. The quantitative estimate of drug-likeness (QED) is 0.651. The summed E-state index contributed by atoms with van der Waals surface area (Å²) >= 11 is 6.20. The van der Waals surface area contributed by atoms with Crippen LogP contribution in [0.15, 0.2) is 46.0 Å². The number of nitrogens with one attached hydrogen (secondary N) is 1. The number of nitrogens with zero attached hydrogens (tertiary/aromatic N) is 3. The summed E-state index contributed by atoms with van der Waals surface area (Å²) in [4.78, 5) is 39.5. The van der Waals surface area contributed by atoms with Crippen LogP contribution in [0.1, 0.15) is 18.4 Å². The van der Waals surface area contributed by atoms with Crippen molar-refractivity contribution in [2.75, 3.05) is 23.3 Å². The van der Waals surface area contributed by atoms with E-state index in [9.17, 15) is 14.4 Å². The minimum Gasteiger partial charge on any atom is -0.370 e. The summed E-state index contributed by atoms with van der Waals surface area (Å²) in [6, 6.07) is 10.9. The van der Waals surface area contributed by atoms with E-state index in [-0.39, 0.29) is 12.3 Å². The minimum atomic E-state index is -0.604. The molecule has 1 amide bonds. The van der Waals surface area contributed by atoms with Crippen LogP contribution in [-0.2, 0) is 25.3 Å². The molecule has 1 saturated heterocycles. The van der Waals surface area contributed by atoms with Gasteiger partial charge in [0.2, 0.25) is 5.91 Å². The number of aryl methyl sites for hydroxylation is 2. The second-order valence-corrected chi connectivity index (χ2v) is 8.00. The number of hydrogen-bond acceptors (Lipinski definition) is 4. The predicted molar refractivity (Wildman–Crippen MR) is 120 cm³/mol. The maximum atomic E-state index is 12.8. The molecule has 7 nitrogen and oxygen atoms in total. The van der Waals surface area contributed by atoms with E-state index in [2.05, 4.69) is 10.2 Å². The molecule has 156 valence electrons. The molecule has 2 heterocycles. The SMILES string of the molecule is Cn1c(=O)c(=O)n(C)c2cc(N3CCCC3)c(NC(=O)Cc3ccccc3Cl)cc21. The molecule has 0 spiro atoms. The number of fused-ring (bicyclic) bond motifs is 1. The van der Waals surface area contributed by atoms with Gasteiger partial charge in [0.15, 0.2) is 0 Å². The Morgan fingerprint density at radius 3 is 2.23 bits per heavy atom. The van der Waals surface area contributed by atoms with Crippen LogP contribution < -0.4 is 21.3 Å². The summed E-state index contributed by atoms with van der Waals surface area (Å²) in [5, 5.41) is 3.54. The fraction of sp³-hybridized carbons (Fsp3) is 0.318. The van der Waals surface area contributed by atoms with Crippen LogP contribution in [0, 0.1) is 0 Å². The van der Waals surface area contributed by atoms with Crippen LogP contribution in [0.3, 0.4) is 0 Å². The van der Waals surface area contributed by atoms with Gasteiger partial charge in [0, 0.05) is 32.2 Å². The molecule has 3 aromatic rings. The molecule has 0 bridgehead atoms. The van der Waals surface area contributed by atoms with Crippen molar-refractivity contribution in [2.45, 2.75) is 19.3 Å². The Hall–Kier alpha value is -3.06. The van der Waals surface area contributed by atoms with Crippen molar-refractivity contribution < 1.29 is 4.79 Å². The zero-order chi connectivity index (χ0) is 21.4. The van der Waals surface area contributed by atoms with Crippen molar-refractivity contribution in [3.8, 4) is 0 Å². The average molecular weight is 427 g/mol. The van der Waals surface area contributed by atoms with E-state index in [4.69, 9.17) is 11.6 Å². The fourth-order valence-corrected chi connectivity index (χ4v) is 4.14. The molecule has 4 rings (SSSR count). The normalized spacial score (nSPS) is 13.8. The van der Waals surface area contributed by atoms with Crippen molar-refractivity contribution in [3.63, 3.8) is 0 Å². The molecule has 1 aliphatic heterocycles. The third-order valence-corrected chi connectivity index (χ3v) is 6.01. The summed E-state index contributed by atoms with van der Waals surface area (Å²) in [6.45, 7) is 1.75. The summed E-state index contributed by atoms with van der Waals surface area (Å²) in [6.07, 6.45) is 2.28. The van der Waals surface area contributed by atoms with E-state index in [0.717, 1.165) is 37.2 Å². The minimum absolute atomic E-state index is 0.142. The number of aromatic nitrogens is 2. The van der Waals surface area contributed by atoms with Gasteiger partial charge in [0.05, 0.1) is 28.8 Å². The highest BCUT2D eigenvalue weighted by molar-refractivity contribution is 6.31. The topological polar surface area (TPSA) is 76.3 Å². The van der Waals surface area contributed by atoms with Gasteiger partial charge in [-0.2, -0.15) is 0 Å². The second-order valence-electron chi connectivity index (χ2n) is 7.60.